The van der Waals surface area contributed by atoms with Gasteiger partial charge < -0.3 is 9.47 Å². The van der Waals surface area contributed by atoms with Gasteiger partial charge in [0, 0.05) is 12.5 Å². The van der Waals surface area contributed by atoms with Crippen molar-refractivity contribution in [3.05, 3.63) is 76.4 Å². The highest BCUT2D eigenvalue weighted by atomic mass is 16.6. The second kappa shape index (κ2) is 7.26. The number of hydrogen-bond acceptors (Lipinski definition) is 4. The molecule has 0 fully saturated rings. The third-order valence-electron chi connectivity index (χ3n) is 3.19. The number of nitro groups is 1. The summed E-state index contributed by atoms with van der Waals surface area (Å²) in [6.45, 7) is 3.96. The first-order valence-corrected chi connectivity index (χ1v) is 6.79. The van der Waals surface area contributed by atoms with Crippen molar-refractivity contribution in [1.82, 2.24) is 0 Å². The SMILES string of the molecule is C=CCc1c([N+](=O)[O-])ccc(OC)c1OCc1ccccc1. The van der Waals surface area contributed by atoms with Crippen molar-refractivity contribution >= 4 is 5.69 Å². The first-order chi connectivity index (χ1) is 10.7. The van der Waals surface area contributed by atoms with Crippen LogP contribution in [0.25, 0.3) is 0 Å². The molecule has 0 N–H and O–H groups in total. The van der Waals surface area contributed by atoms with Crippen LogP contribution in [0.3, 0.4) is 0 Å². The number of rotatable bonds is 7. The number of benzene rings is 2. The fourth-order valence-electron chi connectivity index (χ4n) is 2.16. The van der Waals surface area contributed by atoms with E-state index in [9.17, 15) is 10.1 Å². The van der Waals surface area contributed by atoms with E-state index in [2.05, 4.69) is 6.58 Å². The van der Waals surface area contributed by atoms with Gasteiger partial charge in [-0.15, -0.1) is 6.58 Å². The third kappa shape index (κ3) is 3.44. The van der Waals surface area contributed by atoms with Crippen molar-refractivity contribution in [2.45, 2.75) is 13.0 Å². The molecule has 0 aliphatic heterocycles. The number of nitrogens with zero attached hydrogens (tertiary/aromatic N) is 1. The molecule has 0 saturated carbocycles. The maximum absolute atomic E-state index is 11.2. The van der Waals surface area contributed by atoms with Gasteiger partial charge in [0.15, 0.2) is 11.5 Å². The molecule has 0 amide bonds. The fourth-order valence-corrected chi connectivity index (χ4v) is 2.16. The van der Waals surface area contributed by atoms with Gasteiger partial charge in [-0.05, 0) is 11.6 Å². The Kier molecular flexibility index (Phi) is 5.14. The molecule has 0 unspecified atom stereocenters. The van der Waals surface area contributed by atoms with Crippen molar-refractivity contribution in [2.75, 3.05) is 7.11 Å². The van der Waals surface area contributed by atoms with Gasteiger partial charge in [0.25, 0.3) is 5.69 Å². The minimum absolute atomic E-state index is 0.00348. The van der Waals surface area contributed by atoms with Gasteiger partial charge in [-0.2, -0.15) is 0 Å². The normalized spacial score (nSPS) is 10.0. The van der Waals surface area contributed by atoms with Gasteiger partial charge in [-0.3, -0.25) is 10.1 Å². The summed E-state index contributed by atoms with van der Waals surface area (Å²) in [6, 6.07) is 12.6. The topological polar surface area (TPSA) is 61.6 Å². The number of allylic oxidation sites excluding steroid dienone is 1. The molecular weight excluding hydrogens is 282 g/mol. The minimum atomic E-state index is -0.423. The van der Waals surface area contributed by atoms with E-state index in [4.69, 9.17) is 9.47 Å². The van der Waals surface area contributed by atoms with E-state index in [1.165, 1.54) is 13.2 Å². The first-order valence-electron chi connectivity index (χ1n) is 6.79. The Labute approximate surface area is 129 Å². The number of nitro benzene ring substituents is 1. The lowest BCUT2D eigenvalue weighted by atomic mass is 10.1. The van der Waals surface area contributed by atoms with E-state index in [1.807, 2.05) is 30.3 Å². The Bertz CT molecular complexity index is 668. The maximum Gasteiger partial charge on any atom is 0.276 e. The molecule has 5 nitrogen and oxygen atoms in total. The maximum atomic E-state index is 11.2. The Morgan fingerprint density at radius 1 is 1.23 bits per heavy atom. The largest absolute Gasteiger partial charge is 0.493 e. The number of ether oxygens (including phenoxy) is 2. The minimum Gasteiger partial charge on any atom is -0.493 e. The summed E-state index contributed by atoms with van der Waals surface area (Å²) in [5, 5.41) is 11.2. The van der Waals surface area contributed by atoms with Gasteiger partial charge in [-0.1, -0.05) is 36.4 Å². The van der Waals surface area contributed by atoms with E-state index >= 15 is 0 Å². The molecule has 114 valence electrons. The summed E-state index contributed by atoms with van der Waals surface area (Å²) in [5.74, 6) is 0.860. The van der Waals surface area contributed by atoms with Gasteiger partial charge in [0.1, 0.15) is 6.61 Å². The van der Waals surface area contributed by atoms with Crippen LogP contribution in [-0.4, -0.2) is 12.0 Å². The molecule has 0 aliphatic carbocycles. The number of hydrogen-bond donors (Lipinski definition) is 0. The van der Waals surface area contributed by atoms with Crippen LogP contribution in [0.15, 0.2) is 55.1 Å². The Morgan fingerprint density at radius 2 is 1.95 bits per heavy atom. The van der Waals surface area contributed by atoms with E-state index in [0.29, 0.717) is 30.1 Å². The molecule has 0 saturated heterocycles. The smallest absolute Gasteiger partial charge is 0.276 e. The van der Waals surface area contributed by atoms with E-state index in [1.54, 1.807) is 12.1 Å². The molecule has 0 radical (unpaired) electrons. The predicted molar refractivity (Wildman–Crippen MR) is 84.3 cm³/mol. The molecule has 2 aromatic carbocycles. The predicted octanol–water partition coefficient (Wildman–Crippen LogP) is 3.91. The zero-order chi connectivity index (χ0) is 15.9. The third-order valence-corrected chi connectivity index (χ3v) is 3.19. The lowest BCUT2D eigenvalue weighted by Crippen LogP contribution is -2.04. The highest BCUT2D eigenvalue weighted by Crippen LogP contribution is 2.38. The van der Waals surface area contributed by atoms with Crippen LogP contribution in [0, 0.1) is 10.1 Å². The molecule has 0 aromatic heterocycles. The van der Waals surface area contributed by atoms with E-state index in [0.717, 1.165) is 5.56 Å². The Balaban J connectivity index is 2.39. The van der Waals surface area contributed by atoms with E-state index in [-0.39, 0.29) is 5.69 Å². The molecule has 2 aromatic rings. The average molecular weight is 299 g/mol. The van der Waals surface area contributed by atoms with Crippen LogP contribution >= 0.6 is 0 Å². The monoisotopic (exact) mass is 299 g/mol. The second-order valence-corrected chi connectivity index (χ2v) is 4.62. The molecule has 0 aliphatic rings. The summed E-state index contributed by atoms with van der Waals surface area (Å²) in [4.78, 5) is 10.8. The highest BCUT2D eigenvalue weighted by Gasteiger charge is 2.21. The molecule has 0 spiro atoms. The van der Waals surface area contributed by atoms with Crippen molar-refractivity contribution in [2.24, 2.45) is 0 Å². The van der Waals surface area contributed by atoms with Gasteiger partial charge in [0.2, 0.25) is 0 Å². The average Bonchev–Trinajstić information content (AvgIpc) is 2.54. The van der Waals surface area contributed by atoms with Crippen molar-refractivity contribution in [3.8, 4) is 11.5 Å². The van der Waals surface area contributed by atoms with Crippen molar-refractivity contribution < 1.29 is 14.4 Å². The summed E-state index contributed by atoms with van der Waals surface area (Å²) < 4.78 is 11.1. The van der Waals surface area contributed by atoms with E-state index < -0.39 is 4.92 Å². The molecular formula is C17H17NO4. The molecule has 0 heterocycles. The fraction of sp³-hybridized carbons (Fsp3) is 0.176. The summed E-state index contributed by atoms with van der Waals surface area (Å²) in [7, 11) is 1.51. The Morgan fingerprint density at radius 3 is 2.55 bits per heavy atom. The van der Waals surface area contributed by atoms with Crippen LogP contribution in [0.2, 0.25) is 0 Å². The highest BCUT2D eigenvalue weighted by molar-refractivity contribution is 5.58. The van der Waals surface area contributed by atoms with Gasteiger partial charge in [-0.25, -0.2) is 0 Å². The van der Waals surface area contributed by atoms with Crippen LogP contribution in [0.1, 0.15) is 11.1 Å². The lowest BCUT2D eigenvalue weighted by Gasteiger charge is -2.14. The van der Waals surface area contributed by atoms with Crippen molar-refractivity contribution in [1.29, 1.82) is 0 Å². The van der Waals surface area contributed by atoms with Crippen LogP contribution < -0.4 is 9.47 Å². The molecule has 0 bridgehead atoms. The van der Waals surface area contributed by atoms with Crippen LogP contribution in [0.5, 0.6) is 11.5 Å². The zero-order valence-electron chi connectivity index (χ0n) is 12.3. The lowest BCUT2D eigenvalue weighted by molar-refractivity contribution is -0.385. The van der Waals surface area contributed by atoms with Gasteiger partial charge >= 0.3 is 0 Å². The summed E-state index contributed by atoms with van der Waals surface area (Å²) in [5.41, 5.74) is 1.44. The summed E-state index contributed by atoms with van der Waals surface area (Å²) >= 11 is 0. The quantitative estimate of drug-likeness (QED) is 0.442. The molecule has 2 rings (SSSR count). The molecule has 5 heteroatoms. The standard InChI is InChI=1S/C17H17NO4/c1-3-7-14-15(18(19)20)10-11-16(21-2)17(14)22-12-13-8-5-4-6-9-13/h3-6,8-11H,1,7,12H2,2H3. The first kappa shape index (κ1) is 15.6. The van der Waals surface area contributed by atoms with Crippen LogP contribution in [-0.2, 0) is 13.0 Å². The summed E-state index contributed by atoms with van der Waals surface area (Å²) in [6.07, 6.45) is 1.94. The van der Waals surface area contributed by atoms with Gasteiger partial charge in [0.05, 0.1) is 17.6 Å². The zero-order valence-corrected chi connectivity index (χ0v) is 12.3. The molecule has 0 atom stereocenters. The second-order valence-electron chi connectivity index (χ2n) is 4.62. The van der Waals surface area contributed by atoms with Crippen LogP contribution in [0.4, 0.5) is 5.69 Å². The molecule has 22 heavy (non-hydrogen) atoms. The Hall–Kier alpha value is -2.82. The van der Waals surface area contributed by atoms with Crippen molar-refractivity contribution in [3.63, 3.8) is 0 Å². The number of methoxy groups -OCH3 is 1.